The third kappa shape index (κ3) is 6.03. The van der Waals surface area contributed by atoms with Crippen LogP contribution in [-0.4, -0.2) is 58.3 Å². The average Bonchev–Trinajstić information content (AvgIpc) is 3.67. The molecule has 2 amide bonds. The Labute approximate surface area is 266 Å². The topological polar surface area (TPSA) is 136 Å². The first kappa shape index (κ1) is 32.4. The number of piperidine rings is 1. The number of nitrogens with one attached hydrogen (secondary N) is 1. The summed E-state index contributed by atoms with van der Waals surface area (Å²) in [6, 6.07) is 5.05. The molecule has 0 bridgehead atoms. The van der Waals surface area contributed by atoms with Crippen molar-refractivity contribution in [2.75, 3.05) is 25.1 Å². The number of primary amides is 1. The Morgan fingerprint density at radius 1 is 1.06 bits per heavy atom. The fourth-order valence-corrected chi connectivity index (χ4v) is 6.37. The second-order valence-electron chi connectivity index (χ2n) is 12.2. The summed E-state index contributed by atoms with van der Waals surface area (Å²) in [5, 5.41) is 2.67. The molecule has 6 rings (SSSR count). The number of carbonyl (C=O) groups is 2. The molecule has 10 nitrogen and oxygen atoms in total. The van der Waals surface area contributed by atoms with Crippen LogP contribution in [0.3, 0.4) is 0 Å². The van der Waals surface area contributed by atoms with Gasteiger partial charge in [0.05, 0.1) is 18.7 Å². The number of amidine groups is 1. The molecule has 3 aromatic rings. The Hall–Kier alpha value is -4.53. The summed E-state index contributed by atoms with van der Waals surface area (Å²) in [6.07, 6.45) is -4.44. The number of hydrogen-bond donors (Lipinski definition) is 2. The Balaban J connectivity index is 1.31. The Bertz CT molecular complexity index is 1790. The summed E-state index contributed by atoms with van der Waals surface area (Å²) in [4.78, 5) is 43.7. The van der Waals surface area contributed by atoms with Crippen molar-refractivity contribution in [2.24, 2.45) is 10.7 Å². The van der Waals surface area contributed by atoms with Crippen LogP contribution in [0.25, 0.3) is 11.1 Å². The largest absolute Gasteiger partial charge is 0.433 e. The predicted octanol–water partition coefficient (Wildman–Crippen LogP) is 4.36. The highest BCUT2D eigenvalue weighted by Crippen LogP contribution is 2.51. The molecule has 0 radical (unpaired) electrons. The number of carbonyl (C=O) groups excluding carboxylic acids is 2. The molecule has 248 valence electrons. The monoisotopic (exact) mass is 657 g/mol. The first-order valence-corrected chi connectivity index (χ1v) is 15.0. The zero-order valence-corrected chi connectivity index (χ0v) is 25.9. The van der Waals surface area contributed by atoms with Gasteiger partial charge < -0.3 is 20.7 Å². The van der Waals surface area contributed by atoms with Gasteiger partial charge >= 0.3 is 6.18 Å². The van der Waals surface area contributed by atoms with E-state index in [-0.39, 0.29) is 74.7 Å². The molecule has 4 heterocycles. The number of anilines is 1. The number of ether oxygens (including phenoxy) is 1. The van der Waals surface area contributed by atoms with E-state index < -0.39 is 40.7 Å². The molecule has 1 aromatic carbocycles. The van der Waals surface area contributed by atoms with Crippen molar-refractivity contribution in [3.8, 4) is 11.1 Å². The third-order valence-corrected chi connectivity index (χ3v) is 8.86. The molecule has 15 heteroatoms. The van der Waals surface area contributed by atoms with E-state index in [0.717, 1.165) is 12.1 Å². The zero-order chi connectivity index (χ0) is 33.9. The van der Waals surface area contributed by atoms with Gasteiger partial charge in [0, 0.05) is 54.0 Å². The maximum Gasteiger partial charge on any atom is 0.433 e. The number of benzene rings is 1. The molecule has 0 unspecified atom stereocenters. The van der Waals surface area contributed by atoms with Crippen molar-refractivity contribution in [2.45, 2.75) is 69.9 Å². The molecule has 1 saturated heterocycles. The molecule has 3 aliphatic rings. The number of alkyl halides is 4. The van der Waals surface area contributed by atoms with Gasteiger partial charge in [-0.15, -0.1) is 0 Å². The Morgan fingerprint density at radius 2 is 1.72 bits per heavy atom. The van der Waals surface area contributed by atoms with Crippen LogP contribution in [0.2, 0.25) is 0 Å². The number of rotatable bonds is 8. The maximum absolute atomic E-state index is 15.7. The van der Waals surface area contributed by atoms with Crippen molar-refractivity contribution in [1.82, 2.24) is 20.3 Å². The Morgan fingerprint density at radius 3 is 2.30 bits per heavy atom. The van der Waals surface area contributed by atoms with Crippen LogP contribution in [0.15, 0.2) is 29.3 Å². The summed E-state index contributed by atoms with van der Waals surface area (Å²) in [5.41, 5.74) is 3.53. The van der Waals surface area contributed by atoms with Crippen molar-refractivity contribution < 1.29 is 36.3 Å². The minimum absolute atomic E-state index is 0.0116. The van der Waals surface area contributed by atoms with E-state index in [9.17, 15) is 22.8 Å². The average molecular weight is 658 g/mol. The van der Waals surface area contributed by atoms with E-state index in [2.05, 4.69) is 25.3 Å². The van der Waals surface area contributed by atoms with E-state index in [1.54, 1.807) is 13.8 Å². The van der Waals surface area contributed by atoms with Gasteiger partial charge in [0.1, 0.15) is 28.7 Å². The van der Waals surface area contributed by atoms with Gasteiger partial charge in [0.2, 0.25) is 5.91 Å². The molecule has 2 aromatic heterocycles. The lowest BCUT2D eigenvalue weighted by Crippen LogP contribution is -2.49. The van der Waals surface area contributed by atoms with Crippen LogP contribution in [0.4, 0.5) is 27.6 Å². The molecular weight excluding hydrogens is 625 g/mol. The Kier molecular flexibility index (Phi) is 8.01. The molecule has 47 heavy (non-hydrogen) atoms. The summed E-state index contributed by atoms with van der Waals surface area (Å²) < 4.78 is 76.4. The third-order valence-electron chi connectivity index (χ3n) is 8.86. The molecule has 3 N–H and O–H groups in total. The van der Waals surface area contributed by atoms with Crippen LogP contribution >= 0.6 is 0 Å². The number of nitrogens with two attached hydrogens (primary N) is 1. The van der Waals surface area contributed by atoms with Crippen LogP contribution in [0, 0.1) is 19.7 Å². The lowest BCUT2D eigenvalue weighted by molar-refractivity contribution is -0.141. The number of methoxy groups -OCH3 is 1. The molecular formula is C32H32F5N7O3. The summed E-state index contributed by atoms with van der Waals surface area (Å²) in [7, 11) is 1.45. The maximum atomic E-state index is 15.7. The van der Waals surface area contributed by atoms with Gasteiger partial charge in [0.25, 0.3) is 5.91 Å². The second-order valence-corrected chi connectivity index (χ2v) is 12.2. The van der Waals surface area contributed by atoms with Crippen molar-refractivity contribution in [3.05, 3.63) is 69.8 Å². The first-order valence-electron chi connectivity index (χ1n) is 15.0. The number of aromatic nitrogens is 3. The second kappa shape index (κ2) is 11.6. The molecule has 1 spiro atoms. The van der Waals surface area contributed by atoms with Gasteiger partial charge in [-0.3, -0.25) is 14.6 Å². The number of aryl methyl sites for hydroxylation is 2. The summed E-state index contributed by atoms with van der Waals surface area (Å²) in [6.45, 7) is 4.01. The minimum Gasteiger partial charge on any atom is -0.380 e. The molecule has 1 saturated carbocycles. The van der Waals surface area contributed by atoms with Crippen LogP contribution < -0.4 is 16.0 Å². The van der Waals surface area contributed by atoms with E-state index in [1.165, 1.54) is 13.2 Å². The number of amides is 2. The van der Waals surface area contributed by atoms with E-state index in [4.69, 9.17) is 10.5 Å². The highest BCUT2D eigenvalue weighted by atomic mass is 19.4. The normalized spacial score (nSPS) is 18.3. The number of pyridine rings is 1. The zero-order valence-electron chi connectivity index (χ0n) is 25.9. The smallest absolute Gasteiger partial charge is 0.380 e. The van der Waals surface area contributed by atoms with Crippen LogP contribution in [0.1, 0.15) is 65.4 Å². The fraction of sp³-hybridized carbons (Fsp3) is 0.438. The van der Waals surface area contributed by atoms with Crippen molar-refractivity contribution >= 4 is 23.3 Å². The molecule has 1 aliphatic carbocycles. The molecule has 2 fully saturated rings. The van der Waals surface area contributed by atoms with Gasteiger partial charge in [-0.05, 0) is 69.4 Å². The quantitative estimate of drug-likeness (QED) is 0.344. The minimum atomic E-state index is -4.76. The molecule has 2 aliphatic heterocycles. The van der Waals surface area contributed by atoms with Crippen LogP contribution in [-0.2, 0) is 39.2 Å². The standard InChI is InChI=1S/C32H32F5N7O3/c1-16-26(17(2)40-25(39-16)14-24(38)45)18-12-21(33)20(15-47-3)22(13-18)44-10-8-31(9-11-44)29(46)42-28(43-31)19-4-5-23(32(35,36)37)41-27(19)30(34)6-7-30/h4-5,12-13H,6-11,14-15H2,1-3H3,(H2,38,45)(H,42,43,46). The van der Waals surface area contributed by atoms with E-state index in [0.29, 0.717) is 33.8 Å². The SMILES string of the molecule is COCc1c(F)cc(-c2c(C)nc(CC(N)=O)nc2C)cc1N1CCC2(CC1)N=C(c1ccc(C(F)(F)F)nc1C1(F)CC1)NC2=O. The number of nitrogens with zero attached hydrogens (tertiary/aromatic N) is 5. The lowest BCUT2D eigenvalue weighted by Gasteiger charge is -2.38. The van der Waals surface area contributed by atoms with Crippen LogP contribution in [0.5, 0.6) is 0 Å². The number of halogens is 5. The highest BCUT2D eigenvalue weighted by Gasteiger charge is 2.52. The van der Waals surface area contributed by atoms with Gasteiger partial charge in [-0.1, -0.05) is 0 Å². The highest BCUT2D eigenvalue weighted by molar-refractivity contribution is 6.16. The predicted molar refractivity (Wildman–Crippen MR) is 161 cm³/mol. The lowest BCUT2D eigenvalue weighted by atomic mass is 9.87. The summed E-state index contributed by atoms with van der Waals surface area (Å²) in [5.74, 6) is -1.28. The van der Waals surface area contributed by atoms with Crippen molar-refractivity contribution in [3.63, 3.8) is 0 Å². The number of aliphatic imine (C=N–C) groups is 1. The fourth-order valence-electron chi connectivity index (χ4n) is 6.37. The van der Waals surface area contributed by atoms with Gasteiger partial charge in [-0.25, -0.2) is 23.7 Å². The van der Waals surface area contributed by atoms with Gasteiger partial charge in [0.15, 0.2) is 5.67 Å². The van der Waals surface area contributed by atoms with E-state index >= 15 is 8.78 Å². The first-order chi connectivity index (χ1) is 22.1. The van der Waals surface area contributed by atoms with E-state index in [1.807, 2.05) is 11.0 Å². The summed E-state index contributed by atoms with van der Waals surface area (Å²) >= 11 is 0. The molecule has 0 atom stereocenters. The van der Waals surface area contributed by atoms with Crippen molar-refractivity contribution in [1.29, 1.82) is 0 Å². The van der Waals surface area contributed by atoms with Gasteiger partial charge in [-0.2, -0.15) is 13.2 Å². The number of hydrogen-bond acceptors (Lipinski definition) is 8.